The molecule has 1 heterocycles. The molecular formula is C10H7ClF3NS. The second kappa shape index (κ2) is 3.82. The number of alkyl halides is 3. The van der Waals surface area contributed by atoms with Crippen molar-refractivity contribution in [2.24, 2.45) is 0 Å². The molecular weight excluding hydrogens is 259 g/mol. The lowest BCUT2D eigenvalue weighted by molar-refractivity contribution is -0.137. The average Bonchev–Trinajstić information content (AvgIpc) is 2.58. The fourth-order valence-electron chi connectivity index (χ4n) is 1.46. The highest BCUT2D eigenvalue weighted by Crippen LogP contribution is 2.37. The summed E-state index contributed by atoms with van der Waals surface area (Å²) in [5, 5.41) is 0.682. The van der Waals surface area contributed by atoms with E-state index in [0.29, 0.717) is 10.9 Å². The van der Waals surface area contributed by atoms with Crippen molar-refractivity contribution in [2.75, 3.05) is 0 Å². The summed E-state index contributed by atoms with van der Waals surface area (Å²) in [6, 6.07) is 3.53. The zero-order valence-electron chi connectivity index (χ0n) is 7.94. The number of hydrogen-bond donors (Lipinski definition) is 1. The SMILES string of the molecule is C=S(Cl)c1c[nH]c2cc(C(F)(F)F)ccc12. The number of hydrogen-bond acceptors (Lipinski definition) is 0. The first-order valence-electron chi connectivity index (χ1n) is 4.28. The largest absolute Gasteiger partial charge is 0.416 e. The number of aromatic nitrogens is 1. The Balaban J connectivity index is 2.62. The lowest BCUT2D eigenvalue weighted by atomic mass is 10.1. The van der Waals surface area contributed by atoms with Crippen LogP contribution >= 0.6 is 20.4 Å². The van der Waals surface area contributed by atoms with E-state index < -0.39 is 21.4 Å². The fraction of sp³-hybridized carbons (Fsp3) is 0.100. The van der Waals surface area contributed by atoms with Gasteiger partial charge in [0, 0.05) is 22.0 Å². The van der Waals surface area contributed by atoms with Gasteiger partial charge in [-0.1, -0.05) is 21.6 Å². The Labute approximate surface area is 96.7 Å². The summed E-state index contributed by atoms with van der Waals surface area (Å²) in [5.41, 5.74) is -0.251. The van der Waals surface area contributed by atoms with Crippen LogP contribution in [0.15, 0.2) is 29.3 Å². The van der Waals surface area contributed by atoms with Crippen LogP contribution in [0.2, 0.25) is 0 Å². The second-order valence-electron chi connectivity index (χ2n) is 3.24. The van der Waals surface area contributed by atoms with Crippen molar-refractivity contribution in [3.63, 3.8) is 0 Å². The van der Waals surface area contributed by atoms with Crippen molar-refractivity contribution in [1.29, 1.82) is 0 Å². The van der Waals surface area contributed by atoms with Crippen LogP contribution < -0.4 is 0 Å². The number of fused-ring (bicyclic) bond motifs is 1. The summed E-state index contributed by atoms with van der Waals surface area (Å²) in [5.74, 6) is 3.65. The molecule has 1 atom stereocenters. The van der Waals surface area contributed by atoms with E-state index in [4.69, 9.17) is 10.7 Å². The van der Waals surface area contributed by atoms with Gasteiger partial charge in [-0.3, -0.25) is 0 Å². The number of rotatable bonds is 1. The summed E-state index contributed by atoms with van der Waals surface area (Å²) >= 11 is 0. The van der Waals surface area contributed by atoms with Gasteiger partial charge in [0.05, 0.1) is 5.56 Å². The summed E-state index contributed by atoms with van der Waals surface area (Å²) in [6.45, 7) is 0. The van der Waals surface area contributed by atoms with Gasteiger partial charge in [-0.15, -0.1) is 0 Å². The van der Waals surface area contributed by atoms with E-state index in [1.165, 1.54) is 6.07 Å². The molecule has 0 aliphatic carbocycles. The number of nitrogens with one attached hydrogen (secondary N) is 1. The summed E-state index contributed by atoms with van der Waals surface area (Å²) in [6.07, 6.45) is -2.74. The third-order valence-corrected chi connectivity index (χ3v) is 3.52. The maximum Gasteiger partial charge on any atom is 0.416 e. The lowest BCUT2D eigenvalue weighted by Gasteiger charge is -2.06. The van der Waals surface area contributed by atoms with Gasteiger partial charge in [-0.25, -0.2) is 0 Å². The van der Waals surface area contributed by atoms with Gasteiger partial charge in [0.2, 0.25) is 0 Å². The predicted molar refractivity (Wildman–Crippen MR) is 62.1 cm³/mol. The first-order chi connectivity index (χ1) is 7.39. The number of benzene rings is 1. The van der Waals surface area contributed by atoms with Gasteiger partial charge in [0.25, 0.3) is 0 Å². The molecule has 0 saturated carbocycles. The lowest BCUT2D eigenvalue weighted by Crippen LogP contribution is -2.04. The van der Waals surface area contributed by atoms with Crippen LogP contribution in [0.3, 0.4) is 0 Å². The van der Waals surface area contributed by atoms with Crippen LogP contribution in [0.25, 0.3) is 10.9 Å². The Morgan fingerprint density at radius 2 is 2.00 bits per heavy atom. The van der Waals surface area contributed by atoms with Crippen molar-refractivity contribution in [1.82, 2.24) is 4.98 Å². The maximum absolute atomic E-state index is 12.4. The van der Waals surface area contributed by atoms with Crippen molar-refractivity contribution in [3.05, 3.63) is 30.0 Å². The van der Waals surface area contributed by atoms with Gasteiger partial charge >= 0.3 is 6.18 Å². The highest BCUT2D eigenvalue weighted by molar-refractivity contribution is 8.33. The molecule has 1 aromatic carbocycles. The first kappa shape index (κ1) is 11.5. The fourth-order valence-corrected chi connectivity index (χ4v) is 2.45. The molecule has 86 valence electrons. The summed E-state index contributed by atoms with van der Waals surface area (Å²) < 4.78 is 37.3. The monoisotopic (exact) mass is 265 g/mol. The van der Waals surface area contributed by atoms with E-state index in [9.17, 15) is 13.2 Å². The highest BCUT2D eigenvalue weighted by Gasteiger charge is 2.30. The van der Waals surface area contributed by atoms with Gasteiger partial charge in [0.1, 0.15) is 0 Å². The quantitative estimate of drug-likeness (QED) is 0.736. The van der Waals surface area contributed by atoms with Crippen LogP contribution in [0, 0.1) is 0 Å². The first-order valence-corrected chi connectivity index (χ1v) is 6.50. The molecule has 6 heteroatoms. The van der Waals surface area contributed by atoms with Crippen LogP contribution in [0.4, 0.5) is 13.2 Å². The predicted octanol–water partition coefficient (Wildman–Crippen LogP) is 4.40. The molecule has 1 aromatic heterocycles. The minimum Gasteiger partial charge on any atom is -0.360 e. The highest BCUT2D eigenvalue weighted by atomic mass is 35.7. The Kier molecular flexibility index (Phi) is 2.75. The molecule has 1 N–H and O–H groups in total. The van der Waals surface area contributed by atoms with Crippen molar-refractivity contribution < 1.29 is 13.2 Å². The standard InChI is InChI=1S/C10H7ClF3NS/c1-16(11)9-5-15-8-4-6(10(12,13)14)2-3-7(8)9/h2-5,15H,1H2. The molecule has 2 rings (SSSR count). The van der Waals surface area contributed by atoms with Gasteiger partial charge in [-0.05, 0) is 22.8 Å². The van der Waals surface area contributed by atoms with Crippen LogP contribution in [-0.2, 0) is 6.18 Å². The van der Waals surface area contributed by atoms with E-state index in [-0.39, 0.29) is 0 Å². The third kappa shape index (κ3) is 1.97. The Morgan fingerprint density at radius 3 is 2.56 bits per heavy atom. The number of halogens is 4. The van der Waals surface area contributed by atoms with Gasteiger partial charge in [-0.2, -0.15) is 13.2 Å². The van der Waals surface area contributed by atoms with E-state index in [0.717, 1.165) is 17.0 Å². The molecule has 0 spiro atoms. The molecule has 1 unspecified atom stereocenters. The Bertz CT molecular complexity index is 559. The van der Waals surface area contributed by atoms with Crippen LogP contribution in [0.1, 0.15) is 5.56 Å². The zero-order chi connectivity index (χ0) is 11.9. The van der Waals surface area contributed by atoms with Crippen LogP contribution in [-0.4, -0.2) is 10.9 Å². The van der Waals surface area contributed by atoms with Gasteiger partial charge < -0.3 is 4.98 Å². The number of aromatic amines is 1. The van der Waals surface area contributed by atoms with Crippen molar-refractivity contribution in [3.8, 4) is 0 Å². The van der Waals surface area contributed by atoms with Crippen molar-refractivity contribution >= 4 is 37.2 Å². The van der Waals surface area contributed by atoms with Crippen LogP contribution in [0.5, 0.6) is 0 Å². The molecule has 0 bridgehead atoms. The molecule has 0 aliphatic heterocycles. The topological polar surface area (TPSA) is 15.8 Å². The Hall–Kier alpha value is -0.940. The van der Waals surface area contributed by atoms with E-state index >= 15 is 0 Å². The zero-order valence-corrected chi connectivity index (χ0v) is 9.51. The Morgan fingerprint density at radius 1 is 1.31 bits per heavy atom. The summed E-state index contributed by atoms with van der Waals surface area (Å²) in [4.78, 5) is 3.49. The smallest absolute Gasteiger partial charge is 0.360 e. The maximum atomic E-state index is 12.4. The normalized spacial score (nSPS) is 14.2. The molecule has 0 saturated heterocycles. The minimum atomic E-state index is -4.33. The van der Waals surface area contributed by atoms with Crippen molar-refractivity contribution in [2.45, 2.75) is 11.1 Å². The molecule has 0 fully saturated rings. The molecule has 1 nitrogen and oxygen atoms in total. The molecule has 0 aliphatic rings. The third-order valence-electron chi connectivity index (χ3n) is 2.21. The molecule has 0 amide bonds. The second-order valence-corrected chi connectivity index (χ2v) is 5.46. The molecule has 2 aromatic rings. The molecule has 16 heavy (non-hydrogen) atoms. The van der Waals surface area contributed by atoms with E-state index in [1.54, 1.807) is 6.20 Å². The van der Waals surface area contributed by atoms with E-state index in [1.807, 2.05) is 0 Å². The average molecular weight is 266 g/mol. The number of H-pyrrole nitrogens is 1. The summed E-state index contributed by atoms with van der Waals surface area (Å²) in [7, 11) is 5.09. The van der Waals surface area contributed by atoms with Gasteiger partial charge in [0.15, 0.2) is 0 Å². The molecule has 0 radical (unpaired) electrons. The van der Waals surface area contributed by atoms with E-state index in [2.05, 4.69) is 10.9 Å². The minimum absolute atomic E-state index is 0.423.